The van der Waals surface area contributed by atoms with E-state index in [9.17, 15) is 9.59 Å². The average molecular weight is 433 g/mol. The van der Waals surface area contributed by atoms with Gasteiger partial charge in [-0.15, -0.1) is 0 Å². The van der Waals surface area contributed by atoms with Gasteiger partial charge in [-0.1, -0.05) is 36.8 Å². The van der Waals surface area contributed by atoms with Crippen LogP contribution in [0.1, 0.15) is 36.5 Å². The van der Waals surface area contributed by atoms with Gasteiger partial charge in [0.1, 0.15) is 0 Å². The Morgan fingerprint density at radius 3 is 2.72 bits per heavy atom. The number of para-hydroxylation sites is 1. The Kier molecular flexibility index (Phi) is 6.61. The number of aromatic amines is 1. The van der Waals surface area contributed by atoms with E-state index in [0.29, 0.717) is 18.2 Å². The molecule has 2 amide bonds. The average Bonchev–Trinajstić information content (AvgIpc) is 3.22. The molecule has 0 radical (unpaired) electrons. The smallest absolute Gasteiger partial charge is 0.321 e. The Bertz CT molecular complexity index is 1160. The number of fused-ring (bicyclic) bond motifs is 1. The number of anilines is 1. The van der Waals surface area contributed by atoms with Crippen LogP contribution < -0.4 is 10.9 Å². The van der Waals surface area contributed by atoms with Crippen LogP contribution in [0.15, 0.2) is 53.3 Å². The monoisotopic (exact) mass is 432 g/mol. The molecule has 1 atom stereocenters. The first-order chi connectivity index (χ1) is 15.4. The largest absolute Gasteiger partial charge is 0.322 e. The highest BCUT2D eigenvalue weighted by Crippen LogP contribution is 2.21. The fraction of sp³-hybridized carbons (Fsp3) is 0.385. The van der Waals surface area contributed by atoms with Crippen LogP contribution in [0.3, 0.4) is 0 Å². The van der Waals surface area contributed by atoms with Gasteiger partial charge < -0.3 is 15.2 Å². The summed E-state index contributed by atoms with van der Waals surface area (Å²) in [5.41, 5.74) is 4.27. The second-order valence-corrected chi connectivity index (χ2v) is 8.77. The molecular formula is C26H32N4O2. The molecule has 6 nitrogen and oxygen atoms in total. The number of carbonyl (C=O) groups is 1. The molecule has 1 aromatic heterocycles. The van der Waals surface area contributed by atoms with Crippen LogP contribution in [0.2, 0.25) is 0 Å². The number of amides is 2. The molecule has 2 heterocycles. The number of rotatable bonds is 6. The Labute approximate surface area is 189 Å². The van der Waals surface area contributed by atoms with Crippen molar-refractivity contribution < 1.29 is 4.79 Å². The first-order valence-corrected chi connectivity index (χ1v) is 11.4. The van der Waals surface area contributed by atoms with Crippen LogP contribution in [0, 0.1) is 13.8 Å². The molecule has 0 bridgehead atoms. The molecule has 3 aromatic rings. The minimum absolute atomic E-state index is 0.138. The molecule has 1 aliphatic rings. The van der Waals surface area contributed by atoms with Crippen LogP contribution in [0.4, 0.5) is 10.5 Å². The number of aromatic nitrogens is 1. The predicted molar refractivity (Wildman–Crippen MR) is 130 cm³/mol. The fourth-order valence-electron chi connectivity index (χ4n) is 4.77. The maximum absolute atomic E-state index is 13.3. The standard InChI is InChI=1S/C26H32N4O2/c1-4-29-12-8-11-23(29)17-30(26(32)27-22-9-6-5-7-10-22)16-21-15-20-14-18(2)13-19(3)24(20)28-25(21)31/h5-7,9-10,13-15,23H,4,8,11-12,16-17H2,1-3H3,(H,27,32)(H,28,31). The lowest BCUT2D eigenvalue weighted by molar-refractivity contribution is 0.174. The number of nitrogens with one attached hydrogen (secondary N) is 2. The number of urea groups is 1. The highest BCUT2D eigenvalue weighted by atomic mass is 16.2. The van der Waals surface area contributed by atoms with Crippen LogP contribution in [-0.4, -0.2) is 46.5 Å². The molecule has 1 unspecified atom stereocenters. The number of likely N-dealkylation sites (tertiary alicyclic amines) is 1. The maximum Gasteiger partial charge on any atom is 0.322 e. The molecule has 168 valence electrons. The Morgan fingerprint density at radius 2 is 1.97 bits per heavy atom. The molecule has 0 spiro atoms. The topological polar surface area (TPSA) is 68.4 Å². The van der Waals surface area contributed by atoms with Crippen molar-refractivity contribution in [3.05, 3.63) is 75.6 Å². The molecule has 2 aromatic carbocycles. The van der Waals surface area contributed by atoms with E-state index in [2.05, 4.69) is 41.2 Å². The highest BCUT2D eigenvalue weighted by molar-refractivity contribution is 5.89. The molecule has 32 heavy (non-hydrogen) atoms. The van der Waals surface area contributed by atoms with Gasteiger partial charge >= 0.3 is 6.03 Å². The van der Waals surface area contributed by atoms with Gasteiger partial charge in [0.15, 0.2) is 0 Å². The second-order valence-electron chi connectivity index (χ2n) is 8.77. The molecular weight excluding hydrogens is 400 g/mol. The van der Waals surface area contributed by atoms with Gasteiger partial charge in [-0.3, -0.25) is 9.69 Å². The number of likely N-dealkylation sites (N-methyl/N-ethyl adjacent to an activating group) is 1. The summed E-state index contributed by atoms with van der Waals surface area (Å²) in [6, 6.07) is 15.7. The molecule has 1 fully saturated rings. The number of aryl methyl sites for hydroxylation is 2. The predicted octanol–water partition coefficient (Wildman–Crippen LogP) is 4.66. The number of hydrogen-bond acceptors (Lipinski definition) is 3. The fourth-order valence-corrected chi connectivity index (χ4v) is 4.77. The Morgan fingerprint density at radius 1 is 1.19 bits per heavy atom. The molecule has 4 rings (SSSR count). The van der Waals surface area contributed by atoms with Crippen LogP contribution in [0.5, 0.6) is 0 Å². The number of hydrogen-bond donors (Lipinski definition) is 2. The summed E-state index contributed by atoms with van der Waals surface area (Å²) < 4.78 is 0. The Hall–Kier alpha value is -3.12. The minimum atomic E-state index is -0.181. The second kappa shape index (κ2) is 9.57. The lowest BCUT2D eigenvalue weighted by Gasteiger charge is -2.30. The minimum Gasteiger partial charge on any atom is -0.321 e. The van der Waals surface area contributed by atoms with Gasteiger partial charge in [-0.05, 0) is 75.0 Å². The summed E-state index contributed by atoms with van der Waals surface area (Å²) in [6.07, 6.45) is 2.21. The van der Waals surface area contributed by atoms with Crippen molar-refractivity contribution in [1.29, 1.82) is 0 Å². The third-order valence-electron chi connectivity index (χ3n) is 6.38. The SMILES string of the molecule is CCN1CCCC1CN(Cc1cc2cc(C)cc(C)c2[nH]c1=O)C(=O)Nc1ccccc1. The number of pyridine rings is 1. The van der Waals surface area contributed by atoms with Crippen molar-refractivity contribution in [3.8, 4) is 0 Å². The van der Waals surface area contributed by atoms with Crippen molar-refractivity contribution in [1.82, 2.24) is 14.8 Å². The van der Waals surface area contributed by atoms with E-state index in [1.807, 2.05) is 43.3 Å². The first-order valence-electron chi connectivity index (χ1n) is 11.4. The van der Waals surface area contributed by atoms with E-state index in [4.69, 9.17) is 0 Å². The van der Waals surface area contributed by atoms with Crippen molar-refractivity contribution in [2.24, 2.45) is 0 Å². The number of benzene rings is 2. The first kappa shape index (κ1) is 22.1. The van der Waals surface area contributed by atoms with Crippen LogP contribution >= 0.6 is 0 Å². The van der Waals surface area contributed by atoms with Crippen molar-refractivity contribution in [2.75, 3.05) is 25.0 Å². The van der Waals surface area contributed by atoms with Gasteiger partial charge in [0.25, 0.3) is 5.56 Å². The number of carbonyl (C=O) groups excluding carboxylic acids is 1. The van der Waals surface area contributed by atoms with Gasteiger partial charge in [-0.25, -0.2) is 4.79 Å². The highest BCUT2D eigenvalue weighted by Gasteiger charge is 2.28. The van der Waals surface area contributed by atoms with E-state index < -0.39 is 0 Å². The van der Waals surface area contributed by atoms with E-state index >= 15 is 0 Å². The molecule has 2 N–H and O–H groups in total. The third-order valence-corrected chi connectivity index (χ3v) is 6.38. The van der Waals surface area contributed by atoms with E-state index in [-0.39, 0.29) is 18.1 Å². The van der Waals surface area contributed by atoms with Crippen LogP contribution in [0.25, 0.3) is 10.9 Å². The van der Waals surface area contributed by atoms with Gasteiger partial charge in [0.2, 0.25) is 0 Å². The summed E-state index contributed by atoms with van der Waals surface area (Å²) in [7, 11) is 0. The van der Waals surface area contributed by atoms with Crippen molar-refractivity contribution in [3.63, 3.8) is 0 Å². The maximum atomic E-state index is 13.3. The quantitative estimate of drug-likeness (QED) is 0.595. The molecule has 1 saturated heterocycles. The van der Waals surface area contributed by atoms with Crippen molar-refractivity contribution >= 4 is 22.6 Å². The zero-order valence-electron chi connectivity index (χ0n) is 19.1. The molecule has 1 aliphatic heterocycles. The normalized spacial score (nSPS) is 16.4. The number of nitrogens with zero attached hydrogens (tertiary/aromatic N) is 2. The van der Waals surface area contributed by atoms with E-state index in [1.165, 1.54) is 0 Å². The Balaban J connectivity index is 1.64. The zero-order chi connectivity index (χ0) is 22.7. The van der Waals surface area contributed by atoms with E-state index in [0.717, 1.165) is 53.6 Å². The molecule has 6 heteroatoms. The third kappa shape index (κ3) is 4.86. The zero-order valence-corrected chi connectivity index (χ0v) is 19.1. The van der Waals surface area contributed by atoms with Crippen LogP contribution in [-0.2, 0) is 6.54 Å². The summed E-state index contributed by atoms with van der Waals surface area (Å²) in [5.74, 6) is 0. The summed E-state index contributed by atoms with van der Waals surface area (Å²) in [5, 5.41) is 4.00. The van der Waals surface area contributed by atoms with Gasteiger partial charge in [-0.2, -0.15) is 0 Å². The molecule has 0 aliphatic carbocycles. The molecule has 0 saturated carbocycles. The summed E-state index contributed by atoms with van der Waals surface area (Å²) >= 11 is 0. The lowest BCUT2D eigenvalue weighted by Crippen LogP contribution is -2.45. The summed E-state index contributed by atoms with van der Waals surface area (Å²) in [4.78, 5) is 33.4. The van der Waals surface area contributed by atoms with Crippen molar-refractivity contribution in [2.45, 2.75) is 46.2 Å². The van der Waals surface area contributed by atoms with E-state index in [1.54, 1.807) is 4.90 Å². The van der Waals surface area contributed by atoms with Gasteiger partial charge in [0, 0.05) is 23.8 Å². The summed E-state index contributed by atoms with van der Waals surface area (Å²) in [6.45, 7) is 9.10. The van der Waals surface area contributed by atoms with Gasteiger partial charge in [0.05, 0.1) is 12.1 Å². The number of H-pyrrole nitrogens is 1. The lowest BCUT2D eigenvalue weighted by atomic mass is 10.0.